The molecular formula is C17H20N4OS. The zero-order valence-corrected chi connectivity index (χ0v) is 14.1. The van der Waals surface area contributed by atoms with Crippen molar-refractivity contribution in [2.45, 2.75) is 32.7 Å². The van der Waals surface area contributed by atoms with Crippen molar-refractivity contribution < 1.29 is 4.79 Å². The molecular weight excluding hydrogens is 308 g/mol. The number of nitrogens with zero attached hydrogens (tertiary/aromatic N) is 3. The van der Waals surface area contributed by atoms with E-state index in [1.54, 1.807) is 17.5 Å². The molecule has 2 aromatic heterocycles. The summed E-state index contributed by atoms with van der Waals surface area (Å²) in [5, 5.41) is 4.04. The average molecular weight is 328 g/mol. The minimum atomic E-state index is 0.0618. The second-order valence-electron chi connectivity index (χ2n) is 5.61. The number of carbonyl (C=O) groups excluding carboxylic acids is 1. The molecule has 1 unspecified atom stereocenters. The van der Waals surface area contributed by atoms with Crippen molar-refractivity contribution in [3.05, 3.63) is 47.5 Å². The van der Waals surface area contributed by atoms with E-state index in [1.807, 2.05) is 42.8 Å². The number of amides is 1. The molecule has 1 atom stereocenters. The van der Waals surface area contributed by atoms with Gasteiger partial charge in [-0.05, 0) is 26.0 Å². The van der Waals surface area contributed by atoms with E-state index in [2.05, 4.69) is 21.4 Å². The van der Waals surface area contributed by atoms with Gasteiger partial charge in [-0.15, -0.1) is 11.3 Å². The molecule has 1 N–H and O–H groups in total. The smallest absolute Gasteiger partial charge is 0.222 e. The molecule has 0 aliphatic heterocycles. The molecule has 0 fully saturated rings. The highest BCUT2D eigenvalue weighted by atomic mass is 32.1. The van der Waals surface area contributed by atoms with E-state index in [0.717, 1.165) is 22.8 Å². The second kappa shape index (κ2) is 6.91. The number of nitrogens with one attached hydrogen (secondary N) is 1. The zero-order valence-electron chi connectivity index (χ0n) is 13.3. The van der Waals surface area contributed by atoms with Gasteiger partial charge in [0, 0.05) is 37.8 Å². The van der Waals surface area contributed by atoms with Gasteiger partial charge in [0.25, 0.3) is 0 Å². The number of hydrogen-bond acceptors (Lipinski definition) is 4. The zero-order chi connectivity index (χ0) is 16.2. The third kappa shape index (κ3) is 3.76. The first-order valence-electron chi connectivity index (χ1n) is 7.74. The number of para-hydroxylation sites is 1. The van der Waals surface area contributed by atoms with Gasteiger partial charge >= 0.3 is 0 Å². The summed E-state index contributed by atoms with van der Waals surface area (Å²) in [5.74, 6) is 0.992. The molecule has 5 nitrogen and oxygen atoms in total. The maximum Gasteiger partial charge on any atom is 0.222 e. The maximum atomic E-state index is 12.1. The summed E-state index contributed by atoms with van der Waals surface area (Å²) in [6.07, 6.45) is 4.89. The van der Waals surface area contributed by atoms with Gasteiger partial charge in [0.05, 0.1) is 15.2 Å². The lowest BCUT2D eigenvalue weighted by atomic mass is 10.2. The molecule has 0 bridgehead atoms. The Kier molecular flexibility index (Phi) is 4.71. The first-order valence-corrected chi connectivity index (χ1v) is 8.55. The van der Waals surface area contributed by atoms with E-state index in [-0.39, 0.29) is 11.9 Å². The molecule has 1 aromatic carbocycles. The molecule has 6 heteroatoms. The van der Waals surface area contributed by atoms with Gasteiger partial charge in [-0.2, -0.15) is 0 Å². The van der Waals surface area contributed by atoms with Crippen molar-refractivity contribution in [2.24, 2.45) is 0 Å². The van der Waals surface area contributed by atoms with Crippen LogP contribution < -0.4 is 5.32 Å². The molecule has 0 radical (unpaired) electrons. The Bertz CT molecular complexity index is 775. The van der Waals surface area contributed by atoms with Crippen LogP contribution in [0.15, 0.2) is 36.7 Å². The number of benzene rings is 1. The highest BCUT2D eigenvalue weighted by Crippen LogP contribution is 2.21. The minimum Gasteiger partial charge on any atom is -0.356 e. The van der Waals surface area contributed by atoms with Crippen molar-refractivity contribution >= 4 is 27.5 Å². The minimum absolute atomic E-state index is 0.0618. The molecule has 0 saturated carbocycles. The average Bonchev–Trinajstić information content (AvgIpc) is 3.12. The lowest BCUT2D eigenvalue weighted by molar-refractivity contribution is -0.121. The molecule has 0 spiro atoms. The summed E-state index contributed by atoms with van der Waals surface area (Å²) in [6, 6.07) is 8.21. The fraction of sp³-hybridized carbons (Fsp3) is 0.353. The van der Waals surface area contributed by atoms with Crippen LogP contribution >= 0.6 is 11.3 Å². The van der Waals surface area contributed by atoms with E-state index in [1.165, 1.54) is 4.70 Å². The van der Waals surface area contributed by atoms with Crippen LogP contribution in [0.3, 0.4) is 0 Å². The normalized spacial score (nSPS) is 12.4. The summed E-state index contributed by atoms with van der Waals surface area (Å²) in [7, 11) is 0. The number of rotatable bonds is 6. The lowest BCUT2D eigenvalue weighted by Crippen LogP contribution is -2.27. The molecule has 2 heterocycles. The fourth-order valence-electron chi connectivity index (χ4n) is 2.63. The third-order valence-corrected chi connectivity index (χ3v) is 4.91. The van der Waals surface area contributed by atoms with E-state index in [9.17, 15) is 4.79 Å². The van der Waals surface area contributed by atoms with Crippen molar-refractivity contribution in [1.29, 1.82) is 0 Å². The first kappa shape index (κ1) is 15.7. The third-order valence-electron chi connectivity index (χ3n) is 3.82. The number of thiazole rings is 1. The van der Waals surface area contributed by atoms with Gasteiger partial charge < -0.3 is 9.88 Å². The highest BCUT2D eigenvalue weighted by Gasteiger charge is 2.12. The summed E-state index contributed by atoms with van der Waals surface area (Å²) in [5.41, 5.74) is 1.03. The second-order valence-corrected chi connectivity index (χ2v) is 6.73. The van der Waals surface area contributed by atoms with Crippen LogP contribution in [0, 0.1) is 6.92 Å². The van der Waals surface area contributed by atoms with Gasteiger partial charge in [-0.1, -0.05) is 12.1 Å². The van der Waals surface area contributed by atoms with Crippen molar-refractivity contribution in [1.82, 2.24) is 19.9 Å². The number of imidazole rings is 1. The predicted octanol–water partition coefficient (Wildman–Crippen LogP) is 3.11. The number of aryl methyl sites for hydroxylation is 1. The van der Waals surface area contributed by atoms with Gasteiger partial charge in [0.1, 0.15) is 5.82 Å². The Balaban J connectivity index is 1.48. The fourth-order valence-corrected chi connectivity index (χ4v) is 3.59. The van der Waals surface area contributed by atoms with E-state index in [4.69, 9.17) is 0 Å². The number of hydrogen-bond donors (Lipinski definition) is 1. The number of aromatic nitrogens is 3. The van der Waals surface area contributed by atoms with Crippen LogP contribution in [-0.2, 0) is 11.2 Å². The SMILES string of the molecule is Cc1nccn1C(C)CC(=O)NCCc1nc2ccccc2s1. The largest absolute Gasteiger partial charge is 0.356 e. The van der Waals surface area contributed by atoms with Crippen LogP contribution in [0.2, 0.25) is 0 Å². The number of fused-ring (bicyclic) bond motifs is 1. The van der Waals surface area contributed by atoms with Gasteiger partial charge in [-0.3, -0.25) is 4.79 Å². The van der Waals surface area contributed by atoms with Crippen LogP contribution in [0.1, 0.15) is 30.2 Å². The molecule has 0 aliphatic carbocycles. The van der Waals surface area contributed by atoms with Crippen LogP contribution in [-0.4, -0.2) is 27.0 Å². The van der Waals surface area contributed by atoms with Crippen molar-refractivity contribution in [2.75, 3.05) is 6.54 Å². The summed E-state index contributed by atoms with van der Waals surface area (Å²) in [6.45, 7) is 4.59. The molecule has 3 aromatic rings. The van der Waals surface area contributed by atoms with Crippen LogP contribution in [0.5, 0.6) is 0 Å². The van der Waals surface area contributed by atoms with E-state index in [0.29, 0.717) is 13.0 Å². The Morgan fingerprint density at radius 3 is 2.96 bits per heavy atom. The Morgan fingerprint density at radius 1 is 1.39 bits per heavy atom. The van der Waals surface area contributed by atoms with Crippen LogP contribution in [0.25, 0.3) is 10.2 Å². The molecule has 120 valence electrons. The molecule has 3 rings (SSSR count). The summed E-state index contributed by atoms with van der Waals surface area (Å²) < 4.78 is 3.21. The topological polar surface area (TPSA) is 59.8 Å². The Hall–Kier alpha value is -2.21. The quantitative estimate of drug-likeness (QED) is 0.756. The van der Waals surface area contributed by atoms with Gasteiger partial charge in [-0.25, -0.2) is 9.97 Å². The predicted molar refractivity (Wildman–Crippen MR) is 92.6 cm³/mol. The molecule has 0 aliphatic rings. The monoisotopic (exact) mass is 328 g/mol. The van der Waals surface area contributed by atoms with Crippen molar-refractivity contribution in [3.63, 3.8) is 0 Å². The van der Waals surface area contributed by atoms with Crippen molar-refractivity contribution in [3.8, 4) is 0 Å². The lowest BCUT2D eigenvalue weighted by Gasteiger charge is -2.14. The van der Waals surface area contributed by atoms with Gasteiger partial charge in [0.15, 0.2) is 0 Å². The summed E-state index contributed by atoms with van der Waals surface area (Å²) >= 11 is 1.69. The number of carbonyl (C=O) groups is 1. The molecule has 0 saturated heterocycles. The van der Waals surface area contributed by atoms with E-state index >= 15 is 0 Å². The van der Waals surface area contributed by atoms with Crippen LogP contribution in [0.4, 0.5) is 0 Å². The van der Waals surface area contributed by atoms with Gasteiger partial charge in [0.2, 0.25) is 5.91 Å². The first-order chi connectivity index (χ1) is 11.1. The maximum absolute atomic E-state index is 12.1. The molecule has 23 heavy (non-hydrogen) atoms. The van der Waals surface area contributed by atoms with E-state index < -0.39 is 0 Å². The Morgan fingerprint density at radius 2 is 2.22 bits per heavy atom. The molecule has 1 amide bonds. The summed E-state index contributed by atoms with van der Waals surface area (Å²) in [4.78, 5) is 20.8. The highest BCUT2D eigenvalue weighted by molar-refractivity contribution is 7.18. The standard InChI is InChI=1S/C17H20N4OS/c1-12(21-10-9-18-13(21)2)11-16(22)19-8-7-17-20-14-5-3-4-6-15(14)23-17/h3-6,9-10,12H,7-8,11H2,1-2H3,(H,19,22). The Labute approximate surface area is 139 Å².